The van der Waals surface area contributed by atoms with Gasteiger partial charge >= 0.3 is 0 Å². The lowest BCUT2D eigenvalue weighted by atomic mass is 9.91. The fraction of sp³-hybridized carbons (Fsp3) is 0.440. The first-order valence-electron chi connectivity index (χ1n) is 11.0. The monoisotopic (exact) mass is 456 g/mol. The van der Waals surface area contributed by atoms with Crippen molar-refractivity contribution < 1.29 is 19.4 Å². The van der Waals surface area contributed by atoms with E-state index in [-0.39, 0.29) is 37.0 Å². The molecule has 0 aromatic heterocycles. The predicted octanol–water partition coefficient (Wildman–Crippen LogP) is 3.11. The minimum absolute atomic E-state index is 0.0383. The second-order valence-corrected chi connectivity index (χ2v) is 9.42. The van der Waals surface area contributed by atoms with Crippen molar-refractivity contribution in [1.82, 2.24) is 9.80 Å². The van der Waals surface area contributed by atoms with Crippen molar-refractivity contribution in [2.45, 2.75) is 31.4 Å². The zero-order valence-electron chi connectivity index (χ0n) is 18.5. The molecule has 2 aliphatic heterocycles. The molecule has 6 nitrogen and oxygen atoms in total. The number of benzene rings is 2. The molecule has 2 saturated heterocycles. The zero-order chi connectivity index (χ0) is 22.9. The highest BCUT2D eigenvalue weighted by Gasteiger charge is 2.39. The summed E-state index contributed by atoms with van der Waals surface area (Å²) in [4.78, 5) is 29.7. The average molecular weight is 457 g/mol. The largest absolute Gasteiger partial charge is 0.380 e. The van der Waals surface area contributed by atoms with Crippen LogP contribution in [0.25, 0.3) is 0 Å². The summed E-state index contributed by atoms with van der Waals surface area (Å²) < 4.78 is 5.13. The Morgan fingerprint density at radius 2 is 2.00 bits per heavy atom. The maximum atomic E-state index is 13.1. The number of carbonyl (C=O) groups is 2. The van der Waals surface area contributed by atoms with E-state index >= 15 is 0 Å². The van der Waals surface area contributed by atoms with Gasteiger partial charge in [0, 0.05) is 36.6 Å². The number of halogens is 1. The molecule has 0 bridgehead atoms. The van der Waals surface area contributed by atoms with Crippen LogP contribution >= 0.6 is 11.6 Å². The number of hydrogen-bond donors (Lipinski definition) is 1. The van der Waals surface area contributed by atoms with Crippen molar-refractivity contribution in [2.75, 3.05) is 33.4 Å². The van der Waals surface area contributed by atoms with Gasteiger partial charge in [-0.05, 0) is 48.2 Å². The first kappa shape index (κ1) is 22.8. The Kier molecular flexibility index (Phi) is 6.56. The van der Waals surface area contributed by atoms with E-state index in [1.54, 1.807) is 30.1 Å². The number of hydrogen-bond acceptors (Lipinski definition) is 4. The van der Waals surface area contributed by atoms with Gasteiger partial charge in [0.05, 0.1) is 19.3 Å². The van der Waals surface area contributed by atoms with Crippen LogP contribution in [0.15, 0.2) is 48.5 Å². The van der Waals surface area contributed by atoms with Crippen LogP contribution in [0.3, 0.4) is 0 Å². The van der Waals surface area contributed by atoms with E-state index in [4.69, 9.17) is 16.3 Å². The van der Waals surface area contributed by atoms with Crippen molar-refractivity contribution in [3.8, 4) is 0 Å². The van der Waals surface area contributed by atoms with Crippen molar-refractivity contribution in [1.29, 1.82) is 0 Å². The first-order chi connectivity index (χ1) is 15.3. The lowest BCUT2D eigenvalue weighted by Gasteiger charge is -2.37. The maximum absolute atomic E-state index is 13.1. The number of likely N-dealkylation sites (tertiary alicyclic amines) is 1. The fourth-order valence-corrected chi connectivity index (χ4v) is 4.66. The van der Waals surface area contributed by atoms with E-state index in [0.29, 0.717) is 35.7 Å². The van der Waals surface area contributed by atoms with Gasteiger partial charge in [0.25, 0.3) is 5.91 Å². The van der Waals surface area contributed by atoms with E-state index in [0.717, 1.165) is 12.0 Å². The van der Waals surface area contributed by atoms with Crippen LogP contribution in [0.2, 0.25) is 5.02 Å². The van der Waals surface area contributed by atoms with Crippen LogP contribution in [0.1, 0.15) is 34.8 Å². The molecule has 2 aromatic rings. The summed E-state index contributed by atoms with van der Waals surface area (Å²) in [6.45, 7) is 3.59. The van der Waals surface area contributed by atoms with Crippen LogP contribution in [0.4, 0.5) is 0 Å². The lowest BCUT2D eigenvalue weighted by Crippen LogP contribution is -2.46. The molecule has 0 spiro atoms. The summed E-state index contributed by atoms with van der Waals surface area (Å²) in [6.07, 6.45) is 1.38. The maximum Gasteiger partial charge on any atom is 0.253 e. The molecule has 7 heteroatoms. The number of amides is 2. The van der Waals surface area contributed by atoms with Gasteiger partial charge in [-0.25, -0.2) is 0 Å². The van der Waals surface area contributed by atoms with Crippen molar-refractivity contribution in [3.63, 3.8) is 0 Å². The van der Waals surface area contributed by atoms with Gasteiger partial charge in [0.15, 0.2) is 0 Å². The summed E-state index contributed by atoms with van der Waals surface area (Å²) in [7, 11) is 1.78. The summed E-state index contributed by atoms with van der Waals surface area (Å²) in [5.41, 5.74) is 1.26. The molecule has 0 radical (unpaired) electrons. The molecule has 2 amide bonds. The Bertz CT molecular complexity index is 1010. The third-order valence-corrected chi connectivity index (χ3v) is 6.76. The van der Waals surface area contributed by atoms with Gasteiger partial charge in [-0.2, -0.15) is 0 Å². The van der Waals surface area contributed by atoms with E-state index in [2.05, 4.69) is 0 Å². The van der Waals surface area contributed by atoms with Gasteiger partial charge < -0.3 is 19.6 Å². The SMILES string of the molecule is CC(Cc1cccc(Cl)c1)C(=O)N1CCC(N(C)C(=O)c2cccc(C3(O)COC3)c2)C1. The molecule has 32 heavy (non-hydrogen) atoms. The first-order valence-corrected chi connectivity index (χ1v) is 11.4. The van der Waals surface area contributed by atoms with Crippen molar-refractivity contribution >= 4 is 23.4 Å². The number of aliphatic hydroxyl groups is 1. The molecular weight excluding hydrogens is 428 g/mol. The second kappa shape index (κ2) is 9.22. The highest BCUT2D eigenvalue weighted by Crippen LogP contribution is 2.30. The van der Waals surface area contributed by atoms with E-state index in [1.165, 1.54) is 0 Å². The Hall–Kier alpha value is -2.41. The summed E-state index contributed by atoms with van der Waals surface area (Å²) in [6, 6.07) is 14.7. The van der Waals surface area contributed by atoms with Gasteiger partial charge in [-0.1, -0.05) is 42.8 Å². The van der Waals surface area contributed by atoms with E-state index < -0.39 is 5.60 Å². The normalized spacial score (nSPS) is 20.5. The molecule has 2 unspecified atom stereocenters. The number of rotatable bonds is 6. The lowest BCUT2D eigenvalue weighted by molar-refractivity contribution is -0.184. The number of carbonyl (C=O) groups excluding carboxylic acids is 2. The van der Waals surface area contributed by atoms with Crippen molar-refractivity contribution in [3.05, 3.63) is 70.2 Å². The van der Waals surface area contributed by atoms with E-state index in [1.807, 2.05) is 42.2 Å². The van der Waals surface area contributed by atoms with Crippen LogP contribution in [0.5, 0.6) is 0 Å². The Balaban J connectivity index is 1.37. The highest BCUT2D eigenvalue weighted by atomic mass is 35.5. The molecule has 0 aliphatic carbocycles. The quantitative estimate of drug-likeness (QED) is 0.725. The number of likely N-dealkylation sites (N-methyl/N-ethyl adjacent to an activating group) is 1. The Morgan fingerprint density at radius 3 is 2.69 bits per heavy atom. The second-order valence-electron chi connectivity index (χ2n) is 8.98. The summed E-state index contributed by atoms with van der Waals surface area (Å²) in [5, 5.41) is 11.2. The van der Waals surface area contributed by atoms with Gasteiger partial charge in [0.1, 0.15) is 5.60 Å². The molecule has 2 fully saturated rings. The molecule has 170 valence electrons. The smallest absolute Gasteiger partial charge is 0.253 e. The molecule has 2 heterocycles. The minimum Gasteiger partial charge on any atom is -0.380 e. The molecule has 2 aromatic carbocycles. The number of nitrogens with zero attached hydrogens (tertiary/aromatic N) is 2. The van der Waals surface area contributed by atoms with Crippen LogP contribution in [-0.4, -0.2) is 66.1 Å². The molecule has 1 N–H and O–H groups in total. The van der Waals surface area contributed by atoms with Gasteiger partial charge in [-0.15, -0.1) is 0 Å². The van der Waals surface area contributed by atoms with Gasteiger partial charge in [0.2, 0.25) is 5.91 Å². The fourth-order valence-electron chi connectivity index (χ4n) is 4.45. The average Bonchev–Trinajstić information content (AvgIpc) is 3.26. The zero-order valence-corrected chi connectivity index (χ0v) is 19.2. The highest BCUT2D eigenvalue weighted by molar-refractivity contribution is 6.30. The van der Waals surface area contributed by atoms with Crippen LogP contribution in [0, 0.1) is 5.92 Å². The van der Waals surface area contributed by atoms with Crippen molar-refractivity contribution in [2.24, 2.45) is 5.92 Å². The minimum atomic E-state index is -1.01. The summed E-state index contributed by atoms with van der Waals surface area (Å²) in [5.74, 6) is -0.167. The third-order valence-electron chi connectivity index (χ3n) is 6.52. The standard InChI is InChI=1S/C25H29ClN2O4/c1-17(11-18-5-3-8-21(26)12-18)23(29)28-10-9-22(14-28)27(2)24(30)19-6-4-7-20(13-19)25(31)15-32-16-25/h3-8,12-13,17,22,31H,9-11,14-16H2,1-2H3. The molecule has 2 aliphatic rings. The summed E-state index contributed by atoms with van der Waals surface area (Å²) >= 11 is 6.06. The van der Waals surface area contributed by atoms with E-state index in [9.17, 15) is 14.7 Å². The topological polar surface area (TPSA) is 70.1 Å². The predicted molar refractivity (Wildman–Crippen MR) is 123 cm³/mol. The molecular formula is C25H29ClN2O4. The Labute approximate surface area is 193 Å². The van der Waals surface area contributed by atoms with Crippen LogP contribution < -0.4 is 0 Å². The molecule has 2 atom stereocenters. The Morgan fingerprint density at radius 1 is 1.25 bits per heavy atom. The van der Waals surface area contributed by atoms with Gasteiger partial charge in [-0.3, -0.25) is 9.59 Å². The molecule has 0 saturated carbocycles. The number of ether oxygens (including phenoxy) is 1. The molecule has 4 rings (SSSR count). The third kappa shape index (κ3) is 4.68. The van der Waals surface area contributed by atoms with Crippen LogP contribution in [-0.2, 0) is 21.6 Å².